The van der Waals surface area contributed by atoms with Gasteiger partial charge in [-0.1, -0.05) is 39.7 Å². The third kappa shape index (κ3) is 3.45. The van der Waals surface area contributed by atoms with Gasteiger partial charge in [0.05, 0.1) is 11.6 Å². The highest BCUT2D eigenvalue weighted by Gasteiger charge is 2.15. The number of amides is 1. The number of hydrogen-bond acceptors (Lipinski definition) is 1. The summed E-state index contributed by atoms with van der Waals surface area (Å²) in [6, 6.07) is 12.0. The first kappa shape index (κ1) is 14.7. The van der Waals surface area contributed by atoms with Crippen molar-refractivity contribution in [1.29, 1.82) is 0 Å². The molecule has 2 nitrogen and oxygen atoms in total. The number of aryl methyl sites for hydroxylation is 1. The van der Waals surface area contributed by atoms with E-state index in [1.165, 1.54) is 6.07 Å². The van der Waals surface area contributed by atoms with E-state index in [-0.39, 0.29) is 11.6 Å². The number of rotatable bonds is 3. The van der Waals surface area contributed by atoms with Crippen molar-refractivity contribution in [3.8, 4) is 0 Å². The lowest BCUT2D eigenvalue weighted by molar-refractivity contribution is 0.0935. The molecule has 0 aromatic heterocycles. The minimum atomic E-state index is -0.504. The zero-order valence-corrected chi connectivity index (χ0v) is 12.9. The van der Waals surface area contributed by atoms with Crippen LogP contribution < -0.4 is 5.32 Å². The molecule has 0 spiro atoms. The van der Waals surface area contributed by atoms with Crippen molar-refractivity contribution >= 4 is 21.8 Å². The Balaban J connectivity index is 2.15. The van der Waals surface area contributed by atoms with Gasteiger partial charge in [0.15, 0.2) is 0 Å². The Kier molecular flexibility index (Phi) is 4.55. The standard InChI is InChI=1S/C16H15BrFNO/c1-10-3-8-15(18)14(9-10)16(20)19-11(2)12-4-6-13(17)7-5-12/h3-9,11H,1-2H3,(H,19,20). The van der Waals surface area contributed by atoms with Gasteiger partial charge < -0.3 is 5.32 Å². The molecule has 0 saturated heterocycles. The molecule has 4 heteroatoms. The maximum absolute atomic E-state index is 13.7. The molecule has 20 heavy (non-hydrogen) atoms. The van der Waals surface area contributed by atoms with Crippen LogP contribution in [-0.2, 0) is 0 Å². The molecule has 2 aromatic carbocycles. The average molecular weight is 336 g/mol. The van der Waals surface area contributed by atoms with E-state index in [4.69, 9.17) is 0 Å². The highest BCUT2D eigenvalue weighted by Crippen LogP contribution is 2.18. The largest absolute Gasteiger partial charge is 0.345 e. The number of benzene rings is 2. The van der Waals surface area contributed by atoms with E-state index in [0.29, 0.717) is 0 Å². The monoisotopic (exact) mass is 335 g/mol. The minimum Gasteiger partial charge on any atom is -0.345 e. The molecule has 104 valence electrons. The van der Waals surface area contributed by atoms with Gasteiger partial charge in [-0.15, -0.1) is 0 Å². The molecule has 0 bridgehead atoms. The summed E-state index contributed by atoms with van der Waals surface area (Å²) in [7, 11) is 0. The van der Waals surface area contributed by atoms with Crippen LogP contribution in [0.25, 0.3) is 0 Å². The van der Waals surface area contributed by atoms with Crippen LogP contribution in [0.1, 0.15) is 34.5 Å². The SMILES string of the molecule is Cc1ccc(F)c(C(=O)NC(C)c2ccc(Br)cc2)c1. The maximum Gasteiger partial charge on any atom is 0.254 e. The summed E-state index contributed by atoms with van der Waals surface area (Å²) in [5, 5.41) is 2.81. The van der Waals surface area contributed by atoms with Crippen molar-refractivity contribution in [3.05, 3.63) is 69.4 Å². The Labute approximate surface area is 126 Å². The number of carbonyl (C=O) groups excluding carboxylic acids is 1. The maximum atomic E-state index is 13.7. The van der Waals surface area contributed by atoms with Gasteiger partial charge in [0.1, 0.15) is 5.82 Å². The minimum absolute atomic E-state index is 0.0777. The van der Waals surface area contributed by atoms with E-state index in [2.05, 4.69) is 21.2 Å². The third-order valence-electron chi connectivity index (χ3n) is 3.08. The fraction of sp³-hybridized carbons (Fsp3) is 0.188. The van der Waals surface area contributed by atoms with E-state index in [9.17, 15) is 9.18 Å². The van der Waals surface area contributed by atoms with Crippen LogP contribution >= 0.6 is 15.9 Å². The number of hydrogen-bond donors (Lipinski definition) is 1. The second kappa shape index (κ2) is 6.18. The first-order valence-electron chi connectivity index (χ1n) is 6.30. The van der Waals surface area contributed by atoms with Crippen molar-refractivity contribution in [3.63, 3.8) is 0 Å². The van der Waals surface area contributed by atoms with Crippen molar-refractivity contribution in [1.82, 2.24) is 5.32 Å². The molecule has 1 unspecified atom stereocenters. The van der Waals surface area contributed by atoms with Crippen molar-refractivity contribution < 1.29 is 9.18 Å². The molecule has 0 aliphatic carbocycles. The highest BCUT2D eigenvalue weighted by molar-refractivity contribution is 9.10. The van der Waals surface area contributed by atoms with Crippen molar-refractivity contribution in [2.75, 3.05) is 0 Å². The normalized spacial score (nSPS) is 12.0. The summed E-state index contributed by atoms with van der Waals surface area (Å²) in [5.74, 6) is -0.905. The number of carbonyl (C=O) groups is 1. The first-order chi connectivity index (χ1) is 9.47. The topological polar surface area (TPSA) is 29.1 Å². The number of halogens is 2. The van der Waals surface area contributed by atoms with Crippen LogP contribution in [0.2, 0.25) is 0 Å². The van der Waals surface area contributed by atoms with E-state index < -0.39 is 11.7 Å². The summed E-state index contributed by atoms with van der Waals surface area (Å²) in [5.41, 5.74) is 1.90. The molecule has 0 saturated carbocycles. The van der Waals surface area contributed by atoms with E-state index in [0.717, 1.165) is 15.6 Å². The number of nitrogens with one attached hydrogen (secondary N) is 1. The molecule has 1 amide bonds. The Morgan fingerprint density at radius 1 is 1.20 bits per heavy atom. The summed E-state index contributed by atoms with van der Waals surface area (Å²) in [6.45, 7) is 3.70. The van der Waals surface area contributed by atoms with Crippen LogP contribution in [0, 0.1) is 12.7 Å². The van der Waals surface area contributed by atoms with Crippen LogP contribution in [0.4, 0.5) is 4.39 Å². The van der Waals surface area contributed by atoms with Gasteiger partial charge in [0, 0.05) is 4.47 Å². The summed E-state index contributed by atoms with van der Waals surface area (Å²) >= 11 is 3.36. The summed E-state index contributed by atoms with van der Waals surface area (Å²) in [6.07, 6.45) is 0. The van der Waals surface area contributed by atoms with Crippen molar-refractivity contribution in [2.45, 2.75) is 19.9 Å². The molecule has 0 aliphatic rings. The molecule has 0 fully saturated rings. The van der Waals surface area contributed by atoms with Gasteiger partial charge in [-0.25, -0.2) is 4.39 Å². The molecule has 2 aromatic rings. The predicted molar refractivity (Wildman–Crippen MR) is 81.2 cm³/mol. The lowest BCUT2D eigenvalue weighted by atomic mass is 10.1. The van der Waals surface area contributed by atoms with Crippen LogP contribution in [0.3, 0.4) is 0 Å². The van der Waals surface area contributed by atoms with Crippen LogP contribution in [0.5, 0.6) is 0 Å². The smallest absolute Gasteiger partial charge is 0.254 e. The molecule has 0 aliphatic heterocycles. The molecule has 0 radical (unpaired) electrons. The zero-order valence-electron chi connectivity index (χ0n) is 11.3. The van der Waals surface area contributed by atoms with Crippen LogP contribution in [0.15, 0.2) is 46.9 Å². The van der Waals surface area contributed by atoms with E-state index in [1.54, 1.807) is 12.1 Å². The predicted octanol–water partition coefficient (Wildman–Crippen LogP) is 4.39. The molecule has 2 rings (SSSR count). The fourth-order valence-electron chi connectivity index (χ4n) is 1.92. The molecule has 0 heterocycles. The fourth-order valence-corrected chi connectivity index (χ4v) is 2.19. The second-order valence-electron chi connectivity index (χ2n) is 4.73. The molecule has 1 atom stereocenters. The lowest BCUT2D eigenvalue weighted by Gasteiger charge is -2.15. The zero-order chi connectivity index (χ0) is 14.7. The van der Waals surface area contributed by atoms with Gasteiger partial charge in [0.2, 0.25) is 0 Å². The van der Waals surface area contributed by atoms with Gasteiger partial charge in [0.25, 0.3) is 5.91 Å². The van der Waals surface area contributed by atoms with Crippen LogP contribution in [-0.4, -0.2) is 5.91 Å². The quantitative estimate of drug-likeness (QED) is 0.885. The Hall–Kier alpha value is -1.68. The third-order valence-corrected chi connectivity index (χ3v) is 3.61. The first-order valence-corrected chi connectivity index (χ1v) is 7.09. The lowest BCUT2D eigenvalue weighted by Crippen LogP contribution is -2.27. The van der Waals surface area contributed by atoms with Gasteiger partial charge in [-0.2, -0.15) is 0 Å². The molecule has 1 N–H and O–H groups in total. The Morgan fingerprint density at radius 3 is 2.50 bits per heavy atom. The average Bonchev–Trinajstić information content (AvgIpc) is 2.42. The van der Waals surface area contributed by atoms with E-state index >= 15 is 0 Å². The molecular formula is C16H15BrFNO. The van der Waals surface area contributed by atoms with Crippen molar-refractivity contribution in [2.24, 2.45) is 0 Å². The second-order valence-corrected chi connectivity index (χ2v) is 5.65. The molecular weight excluding hydrogens is 321 g/mol. The van der Waals surface area contributed by atoms with Gasteiger partial charge >= 0.3 is 0 Å². The summed E-state index contributed by atoms with van der Waals surface area (Å²) in [4.78, 5) is 12.1. The Morgan fingerprint density at radius 2 is 1.85 bits per heavy atom. The van der Waals surface area contributed by atoms with E-state index in [1.807, 2.05) is 38.1 Å². The Bertz CT molecular complexity index is 625. The van der Waals surface area contributed by atoms with Gasteiger partial charge in [-0.3, -0.25) is 4.79 Å². The van der Waals surface area contributed by atoms with Gasteiger partial charge in [-0.05, 0) is 43.7 Å². The highest BCUT2D eigenvalue weighted by atomic mass is 79.9. The summed E-state index contributed by atoms with van der Waals surface area (Å²) < 4.78 is 14.6.